The Bertz CT molecular complexity index is 1000. The van der Waals surface area contributed by atoms with Crippen molar-refractivity contribution >= 4 is 23.4 Å². The predicted octanol–water partition coefficient (Wildman–Crippen LogP) is 4.64. The molecule has 2 aromatic carbocycles. The quantitative estimate of drug-likeness (QED) is 0.414. The van der Waals surface area contributed by atoms with Gasteiger partial charge < -0.3 is 13.6 Å². The van der Waals surface area contributed by atoms with Crippen LogP contribution in [0.5, 0.6) is 5.75 Å². The molecule has 2 heterocycles. The highest BCUT2D eigenvalue weighted by Gasteiger charge is 2.12. The van der Waals surface area contributed by atoms with Gasteiger partial charge in [-0.25, -0.2) is 0 Å². The van der Waals surface area contributed by atoms with Gasteiger partial charge in [0.15, 0.2) is 6.61 Å². The van der Waals surface area contributed by atoms with Gasteiger partial charge in [0.25, 0.3) is 11.1 Å². The summed E-state index contributed by atoms with van der Waals surface area (Å²) >= 11 is 7.15. The number of thioether (sulfide) groups is 1. The summed E-state index contributed by atoms with van der Waals surface area (Å²) in [7, 11) is 0. The zero-order valence-electron chi connectivity index (χ0n) is 13.9. The van der Waals surface area contributed by atoms with E-state index < -0.39 is 0 Å². The lowest BCUT2D eigenvalue weighted by Gasteiger charge is -2.02. The summed E-state index contributed by atoms with van der Waals surface area (Å²) in [6.45, 7) is 0.175. The highest BCUT2D eigenvalue weighted by atomic mass is 35.5. The largest absolute Gasteiger partial charge is 0.484 e. The molecule has 27 heavy (non-hydrogen) atoms. The third-order valence-electron chi connectivity index (χ3n) is 3.43. The van der Waals surface area contributed by atoms with Crippen molar-refractivity contribution in [1.29, 1.82) is 0 Å². The van der Waals surface area contributed by atoms with Crippen LogP contribution in [0.15, 0.2) is 68.7 Å². The van der Waals surface area contributed by atoms with E-state index in [1.165, 1.54) is 11.8 Å². The molecule has 0 aliphatic heterocycles. The molecule has 0 aliphatic rings. The molecule has 7 nitrogen and oxygen atoms in total. The fourth-order valence-corrected chi connectivity index (χ4v) is 2.91. The topological polar surface area (TPSA) is 87.1 Å². The highest BCUT2D eigenvalue weighted by Crippen LogP contribution is 2.24. The first kappa shape index (κ1) is 17.6. The summed E-state index contributed by atoms with van der Waals surface area (Å²) in [4.78, 5) is 0. The van der Waals surface area contributed by atoms with E-state index in [1.54, 1.807) is 24.3 Å². The minimum atomic E-state index is 0.175. The van der Waals surface area contributed by atoms with Crippen LogP contribution >= 0.6 is 23.4 Å². The Kier molecular flexibility index (Phi) is 5.36. The summed E-state index contributed by atoms with van der Waals surface area (Å²) in [6, 6.07) is 16.6. The SMILES string of the molecule is Clc1ccc(OCc2nnc(SCc3nnc(-c4ccccc4)o3)o2)cc1. The minimum Gasteiger partial charge on any atom is -0.484 e. The molecular formula is C18H13ClN4O3S. The molecule has 0 atom stereocenters. The molecule has 4 aromatic rings. The van der Waals surface area contributed by atoms with Gasteiger partial charge in [0, 0.05) is 10.6 Å². The van der Waals surface area contributed by atoms with E-state index in [-0.39, 0.29) is 6.61 Å². The molecule has 4 rings (SSSR count). The van der Waals surface area contributed by atoms with Crippen molar-refractivity contribution in [2.45, 2.75) is 17.6 Å². The average molecular weight is 401 g/mol. The van der Waals surface area contributed by atoms with Gasteiger partial charge in [0.2, 0.25) is 11.8 Å². The maximum atomic E-state index is 5.84. The van der Waals surface area contributed by atoms with Crippen molar-refractivity contribution in [2.75, 3.05) is 0 Å². The number of halogens is 1. The van der Waals surface area contributed by atoms with Crippen LogP contribution in [0.1, 0.15) is 11.8 Å². The molecule has 2 aromatic heterocycles. The maximum absolute atomic E-state index is 5.84. The molecule has 0 aliphatic carbocycles. The number of nitrogens with zero attached hydrogens (tertiary/aromatic N) is 4. The molecular weight excluding hydrogens is 388 g/mol. The molecule has 136 valence electrons. The van der Waals surface area contributed by atoms with E-state index in [0.717, 1.165) is 5.56 Å². The Morgan fingerprint density at radius 1 is 0.852 bits per heavy atom. The number of hydrogen-bond acceptors (Lipinski definition) is 8. The van der Waals surface area contributed by atoms with Crippen molar-refractivity contribution < 1.29 is 13.6 Å². The Labute approximate surface area is 163 Å². The van der Waals surface area contributed by atoms with Crippen LogP contribution in [0.25, 0.3) is 11.5 Å². The highest BCUT2D eigenvalue weighted by molar-refractivity contribution is 7.98. The fraction of sp³-hybridized carbons (Fsp3) is 0.111. The summed E-state index contributed by atoms with van der Waals surface area (Å²) in [5, 5.41) is 17.1. The second-order valence-corrected chi connectivity index (χ2v) is 6.72. The molecule has 0 saturated carbocycles. The van der Waals surface area contributed by atoms with Gasteiger partial charge in [0.1, 0.15) is 5.75 Å². The number of aromatic nitrogens is 4. The van der Waals surface area contributed by atoms with E-state index in [9.17, 15) is 0 Å². The normalized spacial score (nSPS) is 10.9. The maximum Gasteiger partial charge on any atom is 0.277 e. The smallest absolute Gasteiger partial charge is 0.277 e. The zero-order valence-corrected chi connectivity index (χ0v) is 15.5. The van der Waals surface area contributed by atoms with Crippen molar-refractivity contribution in [2.24, 2.45) is 0 Å². The lowest BCUT2D eigenvalue weighted by atomic mass is 10.2. The Balaban J connectivity index is 1.31. The van der Waals surface area contributed by atoms with Crippen molar-refractivity contribution in [3.8, 4) is 17.2 Å². The molecule has 0 spiro atoms. The summed E-state index contributed by atoms with van der Waals surface area (Å²) in [6.07, 6.45) is 0. The first-order valence-corrected chi connectivity index (χ1v) is 9.34. The van der Waals surface area contributed by atoms with Crippen molar-refractivity contribution in [3.05, 3.63) is 71.4 Å². The number of ether oxygens (including phenoxy) is 1. The Morgan fingerprint density at radius 2 is 1.63 bits per heavy atom. The van der Waals surface area contributed by atoms with Crippen LogP contribution < -0.4 is 4.74 Å². The van der Waals surface area contributed by atoms with Crippen LogP contribution in [0.2, 0.25) is 5.02 Å². The molecule has 9 heteroatoms. The molecule has 0 N–H and O–H groups in total. The van der Waals surface area contributed by atoms with Gasteiger partial charge >= 0.3 is 0 Å². The molecule has 0 fully saturated rings. The van der Waals surface area contributed by atoms with E-state index >= 15 is 0 Å². The van der Waals surface area contributed by atoms with Crippen LogP contribution in [0.3, 0.4) is 0 Å². The monoisotopic (exact) mass is 400 g/mol. The molecule has 0 amide bonds. The third kappa shape index (κ3) is 4.66. The summed E-state index contributed by atoms with van der Waals surface area (Å²) in [5.74, 6) is 2.44. The zero-order chi connectivity index (χ0) is 18.5. The van der Waals surface area contributed by atoms with Gasteiger partial charge in [-0.1, -0.05) is 41.6 Å². The van der Waals surface area contributed by atoms with Gasteiger partial charge in [-0.15, -0.1) is 20.4 Å². The predicted molar refractivity (Wildman–Crippen MR) is 99.4 cm³/mol. The van der Waals surface area contributed by atoms with E-state index in [4.69, 9.17) is 25.2 Å². The van der Waals surface area contributed by atoms with E-state index in [1.807, 2.05) is 30.3 Å². The first-order chi connectivity index (χ1) is 13.3. The average Bonchev–Trinajstić information content (AvgIpc) is 3.36. The van der Waals surface area contributed by atoms with Gasteiger partial charge in [-0.3, -0.25) is 0 Å². The first-order valence-electron chi connectivity index (χ1n) is 7.97. The van der Waals surface area contributed by atoms with Gasteiger partial charge in [-0.05, 0) is 36.4 Å². The van der Waals surface area contributed by atoms with Crippen LogP contribution in [-0.4, -0.2) is 20.4 Å². The van der Waals surface area contributed by atoms with Crippen molar-refractivity contribution in [3.63, 3.8) is 0 Å². The van der Waals surface area contributed by atoms with Crippen LogP contribution in [0.4, 0.5) is 0 Å². The molecule has 0 bridgehead atoms. The third-order valence-corrected chi connectivity index (χ3v) is 4.49. The van der Waals surface area contributed by atoms with E-state index in [0.29, 0.717) is 39.4 Å². The number of benzene rings is 2. The Hall–Kier alpha value is -2.84. The second kappa shape index (κ2) is 8.24. The second-order valence-electron chi connectivity index (χ2n) is 5.36. The standard InChI is InChI=1S/C18H13ClN4O3S/c19-13-6-8-14(9-7-13)24-10-15-20-23-18(26-15)27-11-16-21-22-17(25-16)12-4-2-1-3-5-12/h1-9H,10-11H2. The van der Waals surface area contributed by atoms with Crippen LogP contribution in [-0.2, 0) is 12.4 Å². The number of hydrogen-bond donors (Lipinski definition) is 0. The lowest BCUT2D eigenvalue weighted by molar-refractivity contribution is 0.252. The molecule has 0 unspecified atom stereocenters. The van der Waals surface area contributed by atoms with Crippen molar-refractivity contribution in [1.82, 2.24) is 20.4 Å². The minimum absolute atomic E-state index is 0.175. The fourth-order valence-electron chi connectivity index (χ4n) is 2.16. The molecule has 0 radical (unpaired) electrons. The number of rotatable bonds is 7. The van der Waals surface area contributed by atoms with E-state index in [2.05, 4.69) is 20.4 Å². The Morgan fingerprint density at radius 3 is 2.44 bits per heavy atom. The van der Waals surface area contributed by atoms with Gasteiger partial charge in [-0.2, -0.15) is 0 Å². The van der Waals surface area contributed by atoms with Crippen LogP contribution in [0, 0.1) is 0 Å². The summed E-state index contributed by atoms with van der Waals surface area (Å²) < 4.78 is 16.8. The van der Waals surface area contributed by atoms with Gasteiger partial charge in [0.05, 0.1) is 5.75 Å². The summed E-state index contributed by atoms with van der Waals surface area (Å²) in [5.41, 5.74) is 0.876. The molecule has 0 saturated heterocycles. The lowest BCUT2D eigenvalue weighted by Crippen LogP contribution is -1.95.